The first-order chi connectivity index (χ1) is 9.33. The summed E-state index contributed by atoms with van der Waals surface area (Å²) < 4.78 is 0. The highest BCUT2D eigenvalue weighted by molar-refractivity contribution is 5.22. The lowest BCUT2D eigenvalue weighted by Crippen LogP contribution is -2.22. The van der Waals surface area contributed by atoms with Gasteiger partial charge in [-0.15, -0.1) is 0 Å². The van der Waals surface area contributed by atoms with Crippen molar-refractivity contribution in [1.82, 2.24) is 9.88 Å². The molecule has 1 saturated heterocycles. The molecule has 0 aliphatic carbocycles. The van der Waals surface area contributed by atoms with Crippen molar-refractivity contribution in [2.24, 2.45) is 0 Å². The second-order valence-electron chi connectivity index (χ2n) is 5.41. The van der Waals surface area contributed by atoms with E-state index in [9.17, 15) is 0 Å². The predicted octanol–water partition coefficient (Wildman–Crippen LogP) is 3.73. The van der Waals surface area contributed by atoms with Gasteiger partial charge in [-0.1, -0.05) is 36.4 Å². The summed E-state index contributed by atoms with van der Waals surface area (Å²) in [5, 5.41) is 0. The van der Waals surface area contributed by atoms with Gasteiger partial charge in [0.1, 0.15) is 0 Å². The molecule has 1 fully saturated rings. The van der Waals surface area contributed by atoms with Crippen LogP contribution in [0.1, 0.15) is 35.6 Å². The average molecular weight is 252 g/mol. The first-order valence-electron chi connectivity index (χ1n) is 7.02. The van der Waals surface area contributed by atoms with E-state index < -0.39 is 0 Å². The number of pyridine rings is 1. The predicted molar refractivity (Wildman–Crippen MR) is 77.8 cm³/mol. The van der Waals surface area contributed by atoms with Crippen LogP contribution in [0.3, 0.4) is 0 Å². The van der Waals surface area contributed by atoms with Crippen LogP contribution in [0.2, 0.25) is 0 Å². The highest BCUT2D eigenvalue weighted by Crippen LogP contribution is 2.32. The minimum Gasteiger partial charge on any atom is -0.292 e. The highest BCUT2D eigenvalue weighted by Gasteiger charge is 2.26. The van der Waals surface area contributed by atoms with Crippen molar-refractivity contribution in [3.63, 3.8) is 0 Å². The van der Waals surface area contributed by atoms with Crippen LogP contribution in [0.25, 0.3) is 0 Å². The van der Waals surface area contributed by atoms with Gasteiger partial charge in [0, 0.05) is 25.0 Å². The average Bonchev–Trinajstić information content (AvgIpc) is 2.88. The molecule has 3 rings (SSSR count). The Morgan fingerprint density at radius 3 is 2.84 bits per heavy atom. The zero-order valence-electron chi connectivity index (χ0n) is 11.4. The maximum atomic E-state index is 4.34. The van der Waals surface area contributed by atoms with Crippen molar-refractivity contribution in [3.05, 3.63) is 65.5 Å². The normalized spacial score (nSPS) is 19.7. The largest absolute Gasteiger partial charge is 0.292 e. The topological polar surface area (TPSA) is 16.1 Å². The minimum atomic E-state index is 0.535. The summed E-state index contributed by atoms with van der Waals surface area (Å²) in [6.45, 7) is 4.35. The summed E-state index contributed by atoms with van der Waals surface area (Å²) in [6, 6.07) is 13.6. The zero-order valence-corrected chi connectivity index (χ0v) is 11.4. The Morgan fingerprint density at radius 2 is 2.05 bits per heavy atom. The molecular formula is C17H20N2. The number of aromatic nitrogens is 1. The quantitative estimate of drug-likeness (QED) is 0.827. The van der Waals surface area contributed by atoms with E-state index >= 15 is 0 Å². The summed E-state index contributed by atoms with van der Waals surface area (Å²) in [4.78, 5) is 6.92. The molecule has 0 radical (unpaired) electrons. The van der Waals surface area contributed by atoms with E-state index in [4.69, 9.17) is 0 Å². The molecule has 0 saturated carbocycles. The van der Waals surface area contributed by atoms with E-state index in [1.807, 2.05) is 12.4 Å². The number of benzene rings is 1. The summed E-state index contributed by atoms with van der Waals surface area (Å²) in [6.07, 6.45) is 6.49. The Bertz CT molecular complexity index is 536. The maximum Gasteiger partial charge on any atom is 0.0367 e. The van der Waals surface area contributed by atoms with Gasteiger partial charge in [0.15, 0.2) is 0 Å². The zero-order chi connectivity index (χ0) is 13.1. The van der Waals surface area contributed by atoms with Crippen LogP contribution < -0.4 is 0 Å². The first kappa shape index (κ1) is 12.4. The number of rotatable bonds is 3. The molecule has 1 aromatic carbocycles. The summed E-state index contributed by atoms with van der Waals surface area (Å²) in [7, 11) is 0. The summed E-state index contributed by atoms with van der Waals surface area (Å²) in [5.74, 6) is 0. The number of hydrogen-bond donors (Lipinski definition) is 0. The molecule has 0 unspecified atom stereocenters. The molecule has 0 amide bonds. The lowest BCUT2D eigenvalue weighted by Gasteiger charge is -2.24. The third-order valence-corrected chi connectivity index (χ3v) is 3.87. The van der Waals surface area contributed by atoms with Crippen LogP contribution in [0, 0.1) is 6.92 Å². The molecule has 2 heteroatoms. The third kappa shape index (κ3) is 2.85. The SMILES string of the molecule is Cc1cncc([C@@H]2CCCN2Cc2ccccc2)c1. The van der Waals surface area contributed by atoms with E-state index in [-0.39, 0.29) is 0 Å². The van der Waals surface area contributed by atoms with Gasteiger partial charge in [0.05, 0.1) is 0 Å². The van der Waals surface area contributed by atoms with Crippen LogP contribution in [-0.2, 0) is 6.54 Å². The second-order valence-corrected chi connectivity index (χ2v) is 5.41. The molecular weight excluding hydrogens is 232 g/mol. The molecule has 0 spiro atoms. The summed E-state index contributed by atoms with van der Waals surface area (Å²) in [5.41, 5.74) is 4.02. The van der Waals surface area contributed by atoms with Gasteiger partial charge in [-0.25, -0.2) is 0 Å². The van der Waals surface area contributed by atoms with E-state index in [0.717, 1.165) is 6.54 Å². The maximum absolute atomic E-state index is 4.34. The molecule has 2 aromatic rings. The Hall–Kier alpha value is -1.67. The Labute approximate surface area is 115 Å². The van der Waals surface area contributed by atoms with Gasteiger partial charge < -0.3 is 0 Å². The highest BCUT2D eigenvalue weighted by atomic mass is 15.2. The number of nitrogens with zero attached hydrogens (tertiary/aromatic N) is 2. The molecule has 2 heterocycles. The van der Waals surface area contributed by atoms with Gasteiger partial charge in [-0.3, -0.25) is 9.88 Å². The fraction of sp³-hybridized carbons (Fsp3) is 0.353. The third-order valence-electron chi connectivity index (χ3n) is 3.87. The van der Waals surface area contributed by atoms with Gasteiger partial charge in [0.2, 0.25) is 0 Å². The summed E-state index contributed by atoms with van der Waals surface area (Å²) >= 11 is 0. The molecule has 0 N–H and O–H groups in total. The van der Waals surface area contributed by atoms with Gasteiger partial charge in [-0.2, -0.15) is 0 Å². The number of likely N-dealkylation sites (tertiary alicyclic amines) is 1. The van der Waals surface area contributed by atoms with Gasteiger partial charge >= 0.3 is 0 Å². The Balaban J connectivity index is 1.78. The molecule has 19 heavy (non-hydrogen) atoms. The van der Waals surface area contributed by atoms with Crippen molar-refractivity contribution < 1.29 is 0 Å². The van der Waals surface area contributed by atoms with E-state index in [1.165, 1.54) is 36.1 Å². The van der Waals surface area contributed by atoms with E-state index in [1.54, 1.807) is 0 Å². The molecule has 0 bridgehead atoms. The van der Waals surface area contributed by atoms with Gasteiger partial charge in [0.25, 0.3) is 0 Å². The second kappa shape index (κ2) is 5.54. The minimum absolute atomic E-state index is 0.535. The van der Waals surface area contributed by atoms with Crippen LogP contribution in [0.5, 0.6) is 0 Å². The molecule has 1 atom stereocenters. The van der Waals surface area contributed by atoms with E-state index in [0.29, 0.717) is 6.04 Å². The van der Waals surface area contributed by atoms with Crippen molar-refractivity contribution in [1.29, 1.82) is 0 Å². The fourth-order valence-electron chi connectivity index (χ4n) is 2.97. The van der Waals surface area contributed by atoms with Crippen molar-refractivity contribution >= 4 is 0 Å². The van der Waals surface area contributed by atoms with Crippen molar-refractivity contribution in [2.45, 2.75) is 32.4 Å². The Kier molecular flexibility index (Phi) is 3.60. The Morgan fingerprint density at radius 1 is 1.21 bits per heavy atom. The molecule has 1 aromatic heterocycles. The molecule has 2 nitrogen and oxygen atoms in total. The van der Waals surface area contributed by atoms with Crippen LogP contribution in [-0.4, -0.2) is 16.4 Å². The number of aryl methyl sites for hydroxylation is 1. The molecule has 1 aliphatic heterocycles. The molecule has 1 aliphatic rings. The monoisotopic (exact) mass is 252 g/mol. The molecule has 98 valence electrons. The standard InChI is InChI=1S/C17H20N2/c1-14-10-16(12-18-11-14)17-8-5-9-19(17)13-15-6-3-2-4-7-15/h2-4,6-7,10-12,17H,5,8-9,13H2,1H3/t17-/m0/s1. The van der Waals surface area contributed by atoms with Crippen molar-refractivity contribution in [3.8, 4) is 0 Å². The number of hydrogen-bond acceptors (Lipinski definition) is 2. The lowest BCUT2D eigenvalue weighted by molar-refractivity contribution is 0.248. The fourth-order valence-corrected chi connectivity index (χ4v) is 2.97. The van der Waals surface area contributed by atoms with Crippen LogP contribution in [0.15, 0.2) is 48.8 Å². The van der Waals surface area contributed by atoms with Crippen molar-refractivity contribution in [2.75, 3.05) is 6.54 Å². The lowest BCUT2D eigenvalue weighted by atomic mass is 10.0. The van der Waals surface area contributed by atoms with Crippen LogP contribution >= 0.6 is 0 Å². The van der Waals surface area contributed by atoms with Crippen LogP contribution in [0.4, 0.5) is 0 Å². The smallest absolute Gasteiger partial charge is 0.0367 e. The van der Waals surface area contributed by atoms with Gasteiger partial charge in [-0.05, 0) is 43.0 Å². The first-order valence-corrected chi connectivity index (χ1v) is 7.02. The van der Waals surface area contributed by atoms with E-state index in [2.05, 4.69) is 53.2 Å².